The highest BCUT2D eigenvalue weighted by molar-refractivity contribution is 5.87. The third kappa shape index (κ3) is 3.94. The minimum atomic E-state index is -0.341. The van der Waals surface area contributed by atoms with Gasteiger partial charge in [-0.25, -0.2) is 4.79 Å². The van der Waals surface area contributed by atoms with Gasteiger partial charge in [-0.1, -0.05) is 0 Å². The zero-order valence-corrected chi connectivity index (χ0v) is 10.6. The van der Waals surface area contributed by atoms with E-state index in [9.17, 15) is 4.79 Å². The van der Waals surface area contributed by atoms with Gasteiger partial charge in [-0.3, -0.25) is 4.68 Å². The van der Waals surface area contributed by atoms with E-state index in [2.05, 4.69) is 9.84 Å². The Kier molecular flexibility index (Phi) is 4.75. The zero-order valence-electron chi connectivity index (χ0n) is 10.6. The molecule has 5 heteroatoms. The Balaban J connectivity index is 2.48. The van der Waals surface area contributed by atoms with Crippen LogP contribution in [0.2, 0.25) is 0 Å². The van der Waals surface area contributed by atoms with Gasteiger partial charge in [0.25, 0.3) is 0 Å². The zero-order chi connectivity index (χ0) is 12.8. The molecule has 17 heavy (non-hydrogen) atoms. The van der Waals surface area contributed by atoms with Crippen molar-refractivity contribution in [3.05, 3.63) is 24.0 Å². The Bertz CT molecular complexity index is 408. The molecule has 0 bridgehead atoms. The number of aromatic nitrogens is 2. The number of carbonyl (C=O) groups excluding carboxylic acids is 1. The summed E-state index contributed by atoms with van der Waals surface area (Å²) in [6.45, 7) is 6.09. The van der Waals surface area contributed by atoms with Crippen LogP contribution in [-0.2, 0) is 9.53 Å². The quantitative estimate of drug-likeness (QED) is 0.581. The number of ether oxygens (including phenoxy) is 2. The van der Waals surface area contributed by atoms with Crippen molar-refractivity contribution < 1.29 is 14.3 Å². The molecule has 0 spiro atoms. The first-order valence-electron chi connectivity index (χ1n) is 5.46. The summed E-state index contributed by atoms with van der Waals surface area (Å²) in [5.41, 5.74) is 0.531. The SMILES string of the molecule is COC(=O)C(C)=CCOc1cnn(C(C)C)c1. The molecule has 1 aromatic rings. The number of methoxy groups -OCH3 is 1. The van der Waals surface area contributed by atoms with Crippen LogP contribution in [-0.4, -0.2) is 29.5 Å². The smallest absolute Gasteiger partial charge is 0.333 e. The van der Waals surface area contributed by atoms with E-state index >= 15 is 0 Å². The van der Waals surface area contributed by atoms with Crippen molar-refractivity contribution in [1.82, 2.24) is 9.78 Å². The summed E-state index contributed by atoms with van der Waals surface area (Å²) < 4.78 is 11.8. The second-order valence-electron chi connectivity index (χ2n) is 3.94. The first-order valence-corrected chi connectivity index (χ1v) is 5.46. The van der Waals surface area contributed by atoms with Crippen LogP contribution in [0.4, 0.5) is 0 Å². The van der Waals surface area contributed by atoms with Crippen LogP contribution in [0, 0.1) is 0 Å². The van der Waals surface area contributed by atoms with Crippen molar-refractivity contribution in [2.45, 2.75) is 26.8 Å². The molecule has 1 heterocycles. The van der Waals surface area contributed by atoms with Gasteiger partial charge in [0.15, 0.2) is 5.75 Å². The molecular formula is C12H18N2O3. The maximum absolute atomic E-state index is 11.1. The van der Waals surface area contributed by atoms with Crippen LogP contribution in [0.25, 0.3) is 0 Å². The first-order chi connectivity index (χ1) is 8.04. The van der Waals surface area contributed by atoms with E-state index in [4.69, 9.17) is 4.74 Å². The minimum Gasteiger partial charge on any atom is -0.486 e. The standard InChI is InChI=1S/C12H18N2O3/c1-9(2)14-8-11(7-13-14)17-6-5-10(3)12(15)16-4/h5,7-9H,6H2,1-4H3. The predicted molar refractivity (Wildman–Crippen MR) is 63.9 cm³/mol. The fourth-order valence-corrected chi connectivity index (χ4v) is 1.18. The van der Waals surface area contributed by atoms with Crippen molar-refractivity contribution in [1.29, 1.82) is 0 Å². The monoisotopic (exact) mass is 238 g/mol. The Morgan fingerprint density at radius 1 is 1.59 bits per heavy atom. The van der Waals surface area contributed by atoms with Crippen LogP contribution in [0.5, 0.6) is 5.75 Å². The molecule has 5 nitrogen and oxygen atoms in total. The summed E-state index contributed by atoms with van der Waals surface area (Å²) in [5.74, 6) is 0.346. The Morgan fingerprint density at radius 3 is 2.82 bits per heavy atom. The molecule has 0 fully saturated rings. The molecule has 0 amide bonds. The largest absolute Gasteiger partial charge is 0.486 e. The van der Waals surface area contributed by atoms with E-state index in [-0.39, 0.29) is 5.97 Å². The Morgan fingerprint density at radius 2 is 2.29 bits per heavy atom. The van der Waals surface area contributed by atoms with Gasteiger partial charge in [0.1, 0.15) is 6.61 Å². The van der Waals surface area contributed by atoms with Gasteiger partial charge >= 0.3 is 5.97 Å². The van der Waals surface area contributed by atoms with Gasteiger partial charge in [0.2, 0.25) is 0 Å². The molecule has 0 radical (unpaired) electrons. The first kappa shape index (κ1) is 13.3. The number of carbonyl (C=O) groups is 1. The lowest BCUT2D eigenvalue weighted by atomic mass is 10.3. The van der Waals surface area contributed by atoms with Crippen LogP contribution in [0.3, 0.4) is 0 Å². The lowest BCUT2D eigenvalue weighted by Gasteiger charge is -2.03. The molecule has 0 N–H and O–H groups in total. The molecule has 0 saturated carbocycles. The van der Waals surface area contributed by atoms with Crippen LogP contribution in [0.15, 0.2) is 24.0 Å². The van der Waals surface area contributed by atoms with Crippen molar-refractivity contribution in [3.63, 3.8) is 0 Å². The lowest BCUT2D eigenvalue weighted by Crippen LogP contribution is -2.04. The van der Waals surface area contributed by atoms with E-state index in [0.29, 0.717) is 24.0 Å². The van der Waals surface area contributed by atoms with Crippen molar-refractivity contribution in [2.24, 2.45) is 0 Å². The average Bonchev–Trinajstić information content (AvgIpc) is 2.76. The lowest BCUT2D eigenvalue weighted by molar-refractivity contribution is -0.136. The van der Waals surface area contributed by atoms with Gasteiger partial charge < -0.3 is 9.47 Å². The maximum Gasteiger partial charge on any atom is 0.333 e. The summed E-state index contributed by atoms with van der Waals surface area (Å²) in [4.78, 5) is 11.1. The van der Waals surface area contributed by atoms with Crippen LogP contribution in [0.1, 0.15) is 26.8 Å². The number of hydrogen-bond donors (Lipinski definition) is 0. The highest BCUT2D eigenvalue weighted by atomic mass is 16.5. The molecular weight excluding hydrogens is 220 g/mol. The summed E-state index contributed by atoms with van der Waals surface area (Å²) in [7, 11) is 1.35. The normalized spacial score (nSPS) is 11.7. The third-order valence-corrected chi connectivity index (χ3v) is 2.25. The van der Waals surface area contributed by atoms with E-state index < -0.39 is 0 Å². The summed E-state index contributed by atoms with van der Waals surface area (Å²) in [6.07, 6.45) is 5.16. The molecule has 0 aliphatic rings. The maximum atomic E-state index is 11.1. The van der Waals surface area contributed by atoms with Crippen molar-refractivity contribution >= 4 is 5.97 Å². The molecule has 0 saturated heterocycles. The van der Waals surface area contributed by atoms with Gasteiger partial charge in [0, 0.05) is 11.6 Å². The van der Waals surface area contributed by atoms with Gasteiger partial charge in [-0.2, -0.15) is 5.10 Å². The molecule has 94 valence electrons. The van der Waals surface area contributed by atoms with Crippen LogP contribution < -0.4 is 4.74 Å². The second-order valence-corrected chi connectivity index (χ2v) is 3.94. The fraction of sp³-hybridized carbons (Fsp3) is 0.500. The minimum absolute atomic E-state index is 0.305. The number of hydrogen-bond acceptors (Lipinski definition) is 4. The Labute approximate surface area is 101 Å². The average molecular weight is 238 g/mol. The molecule has 1 rings (SSSR count). The Hall–Kier alpha value is -1.78. The predicted octanol–water partition coefficient (Wildman–Crippen LogP) is 1.96. The van der Waals surface area contributed by atoms with Gasteiger partial charge in [-0.05, 0) is 26.8 Å². The highest BCUT2D eigenvalue weighted by Crippen LogP contribution is 2.12. The molecule has 1 aromatic heterocycles. The van der Waals surface area contributed by atoms with Crippen LogP contribution >= 0.6 is 0 Å². The summed E-state index contributed by atoms with van der Waals surface area (Å²) in [6, 6.07) is 0.305. The molecule has 0 atom stereocenters. The molecule has 0 aliphatic carbocycles. The topological polar surface area (TPSA) is 53.4 Å². The highest BCUT2D eigenvalue weighted by Gasteiger charge is 2.04. The van der Waals surface area contributed by atoms with E-state index in [0.717, 1.165) is 0 Å². The second kappa shape index (κ2) is 6.08. The molecule has 0 aliphatic heterocycles. The molecule has 0 unspecified atom stereocenters. The van der Waals surface area contributed by atoms with E-state index in [1.165, 1.54) is 7.11 Å². The van der Waals surface area contributed by atoms with E-state index in [1.54, 1.807) is 19.2 Å². The fourth-order valence-electron chi connectivity index (χ4n) is 1.18. The van der Waals surface area contributed by atoms with E-state index in [1.807, 2.05) is 24.7 Å². The van der Waals surface area contributed by atoms with Crippen molar-refractivity contribution in [2.75, 3.05) is 13.7 Å². The van der Waals surface area contributed by atoms with Crippen molar-refractivity contribution in [3.8, 4) is 5.75 Å². The number of esters is 1. The third-order valence-electron chi connectivity index (χ3n) is 2.25. The van der Waals surface area contributed by atoms with Gasteiger partial charge in [-0.15, -0.1) is 0 Å². The number of rotatable bonds is 5. The summed E-state index contributed by atoms with van der Waals surface area (Å²) >= 11 is 0. The van der Waals surface area contributed by atoms with Gasteiger partial charge in [0.05, 0.1) is 19.5 Å². The molecule has 0 aromatic carbocycles. The number of nitrogens with zero attached hydrogens (tertiary/aromatic N) is 2. The summed E-state index contributed by atoms with van der Waals surface area (Å²) in [5, 5.41) is 4.14.